The maximum atomic E-state index is 12.3. The Labute approximate surface area is 135 Å². The van der Waals surface area contributed by atoms with Gasteiger partial charge in [-0.1, -0.05) is 33.1 Å². The van der Waals surface area contributed by atoms with Crippen molar-refractivity contribution in [3.05, 3.63) is 59.1 Å². The van der Waals surface area contributed by atoms with E-state index in [1.54, 1.807) is 24.3 Å². The lowest BCUT2D eigenvalue weighted by atomic mass is 10.2. The molecular weight excluding hydrogens is 346 g/mol. The minimum atomic E-state index is -4.06. The Hall–Kier alpha value is -1.57. The van der Waals surface area contributed by atoms with Crippen molar-refractivity contribution in [3.63, 3.8) is 0 Å². The number of halogens is 1. The van der Waals surface area contributed by atoms with E-state index >= 15 is 0 Å². The largest absolute Gasteiger partial charge is 0.395 e. The summed E-state index contributed by atoms with van der Waals surface area (Å²) < 4.78 is 45.2. The van der Waals surface area contributed by atoms with Crippen LogP contribution in [0.5, 0.6) is 5.75 Å². The van der Waals surface area contributed by atoms with E-state index in [0.29, 0.717) is 5.02 Å². The first-order chi connectivity index (χ1) is 10.2. The van der Waals surface area contributed by atoms with E-state index in [-0.39, 0.29) is 10.6 Å². The van der Waals surface area contributed by atoms with Gasteiger partial charge in [0.1, 0.15) is 5.75 Å². The van der Waals surface area contributed by atoms with Crippen LogP contribution < -0.4 is 4.18 Å². The van der Waals surface area contributed by atoms with E-state index in [1.165, 1.54) is 24.3 Å². The Bertz CT molecular complexity index is 881. The number of hydrogen-bond donors (Lipinski definition) is 0. The molecule has 118 valence electrons. The highest BCUT2D eigenvalue weighted by atomic mass is 35.5. The first-order valence-electron chi connectivity index (χ1n) is 6.18. The van der Waals surface area contributed by atoms with E-state index in [0.717, 1.165) is 11.8 Å². The number of sulfonamides is 1. The number of benzene rings is 2. The summed E-state index contributed by atoms with van der Waals surface area (Å²) in [6, 6.07) is 12.2. The Kier molecular flexibility index (Phi) is 4.79. The molecule has 1 atom stereocenters. The molecule has 0 aromatic heterocycles. The molecule has 0 aliphatic rings. The van der Waals surface area contributed by atoms with Gasteiger partial charge in [-0.3, -0.25) is 0 Å². The fourth-order valence-electron chi connectivity index (χ4n) is 1.62. The molecule has 5 nitrogen and oxygen atoms in total. The maximum absolute atomic E-state index is 12.3. The minimum absolute atomic E-state index is 0.0348. The van der Waals surface area contributed by atoms with Gasteiger partial charge in [0.15, 0.2) is 0 Å². The molecule has 0 saturated carbocycles. The van der Waals surface area contributed by atoms with Crippen molar-refractivity contribution in [2.24, 2.45) is 3.77 Å². The molecule has 0 N–H and O–H groups in total. The van der Waals surface area contributed by atoms with E-state index in [1.807, 2.05) is 6.92 Å². The highest BCUT2D eigenvalue weighted by molar-refractivity contribution is 8.00. The summed E-state index contributed by atoms with van der Waals surface area (Å²) in [4.78, 5) is -0.0348. The van der Waals surface area contributed by atoms with E-state index in [9.17, 15) is 12.6 Å². The zero-order valence-electron chi connectivity index (χ0n) is 11.9. The van der Waals surface area contributed by atoms with Gasteiger partial charge in [0.2, 0.25) is 10.0 Å². The van der Waals surface area contributed by atoms with Crippen LogP contribution in [0.4, 0.5) is 0 Å². The van der Waals surface area contributed by atoms with Crippen LogP contribution in [-0.4, -0.2) is 18.9 Å². The van der Waals surface area contributed by atoms with Crippen LogP contribution in [0.25, 0.3) is 0 Å². The molecule has 0 aliphatic heterocycles. The van der Waals surface area contributed by atoms with Gasteiger partial charge in [-0.25, -0.2) is 4.21 Å². The Morgan fingerprint density at radius 1 is 0.955 bits per heavy atom. The second-order valence-electron chi connectivity index (χ2n) is 4.63. The lowest BCUT2D eigenvalue weighted by Gasteiger charge is -2.07. The van der Waals surface area contributed by atoms with Gasteiger partial charge >= 0.3 is 0 Å². The van der Waals surface area contributed by atoms with Crippen LogP contribution in [0.3, 0.4) is 0 Å². The summed E-state index contributed by atoms with van der Waals surface area (Å²) in [7, 11) is -7.48. The fraction of sp³-hybridized carbons (Fsp3) is 0.143. The van der Waals surface area contributed by atoms with Gasteiger partial charge < -0.3 is 4.18 Å². The Morgan fingerprint density at radius 3 is 2.05 bits per heavy atom. The van der Waals surface area contributed by atoms with Crippen LogP contribution >= 0.6 is 11.6 Å². The fourth-order valence-corrected chi connectivity index (χ4v) is 4.58. The molecule has 1 unspecified atom stereocenters. The van der Waals surface area contributed by atoms with Crippen LogP contribution in [-0.2, 0) is 20.0 Å². The second-order valence-corrected chi connectivity index (χ2v) is 8.72. The molecule has 0 amide bonds. The minimum Gasteiger partial charge on any atom is -0.395 e. The molecular formula is C14H14ClNO4S2. The van der Waals surface area contributed by atoms with Gasteiger partial charge in [0.25, 0.3) is 10.0 Å². The van der Waals surface area contributed by atoms with Crippen molar-refractivity contribution < 1.29 is 16.8 Å². The van der Waals surface area contributed by atoms with Crippen molar-refractivity contribution in [2.45, 2.75) is 11.8 Å². The molecule has 2 rings (SSSR count). The Balaban J connectivity index is 2.34. The van der Waals surface area contributed by atoms with E-state index < -0.39 is 20.0 Å². The lowest BCUT2D eigenvalue weighted by Crippen LogP contribution is -2.10. The van der Waals surface area contributed by atoms with Gasteiger partial charge in [-0.05, 0) is 43.3 Å². The SMILES string of the molecule is Cc1ccc(S(=O)(=O)N=S(C)(=O)Oc2ccc(Cl)cc2)cc1. The zero-order valence-corrected chi connectivity index (χ0v) is 14.3. The number of nitrogens with zero attached hydrogens (tertiary/aromatic N) is 1. The average molecular weight is 360 g/mol. The monoisotopic (exact) mass is 359 g/mol. The summed E-state index contributed by atoms with van der Waals surface area (Å²) in [5.74, 6) is 0.222. The van der Waals surface area contributed by atoms with Crippen LogP contribution in [0.1, 0.15) is 5.56 Å². The molecule has 0 fully saturated rings. The topological polar surface area (TPSA) is 72.8 Å². The van der Waals surface area contributed by atoms with Crippen molar-refractivity contribution in [2.75, 3.05) is 6.26 Å². The van der Waals surface area contributed by atoms with Gasteiger partial charge in [-0.15, -0.1) is 0 Å². The highest BCUT2D eigenvalue weighted by Crippen LogP contribution is 2.20. The van der Waals surface area contributed by atoms with Crippen LogP contribution in [0.2, 0.25) is 5.02 Å². The van der Waals surface area contributed by atoms with E-state index in [4.69, 9.17) is 15.8 Å². The zero-order chi connectivity index (χ0) is 16.4. The van der Waals surface area contributed by atoms with Gasteiger partial charge in [0.05, 0.1) is 11.2 Å². The number of aryl methyl sites for hydroxylation is 1. The van der Waals surface area contributed by atoms with Crippen molar-refractivity contribution in [1.29, 1.82) is 0 Å². The molecule has 22 heavy (non-hydrogen) atoms. The first-order valence-corrected chi connectivity index (χ1v) is 9.85. The predicted molar refractivity (Wildman–Crippen MR) is 86.9 cm³/mol. The van der Waals surface area contributed by atoms with Crippen LogP contribution in [0.15, 0.2) is 57.2 Å². The highest BCUT2D eigenvalue weighted by Gasteiger charge is 2.17. The van der Waals surface area contributed by atoms with E-state index in [2.05, 4.69) is 3.77 Å². The smallest absolute Gasteiger partial charge is 0.292 e. The third-order valence-corrected chi connectivity index (χ3v) is 6.11. The quantitative estimate of drug-likeness (QED) is 0.838. The number of hydrogen-bond acceptors (Lipinski definition) is 4. The normalized spacial score (nSPS) is 14.1. The molecule has 0 aliphatic carbocycles. The lowest BCUT2D eigenvalue weighted by molar-refractivity contribution is 0.555. The average Bonchev–Trinajstić information content (AvgIpc) is 2.40. The molecule has 8 heteroatoms. The molecule has 0 bridgehead atoms. The summed E-state index contributed by atoms with van der Waals surface area (Å²) >= 11 is 5.74. The standard InChI is InChI=1S/C14H14ClNO4S2/c1-11-3-9-14(10-4-11)22(18,19)16-21(2,17)20-13-7-5-12(15)6-8-13/h3-10H,1-2H3. The third kappa shape index (κ3) is 4.46. The summed E-state index contributed by atoms with van der Waals surface area (Å²) in [5.41, 5.74) is 0.911. The van der Waals surface area contributed by atoms with Crippen molar-refractivity contribution in [1.82, 2.24) is 0 Å². The van der Waals surface area contributed by atoms with Gasteiger partial charge in [0, 0.05) is 5.02 Å². The van der Waals surface area contributed by atoms with Crippen molar-refractivity contribution in [3.8, 4) is 5.75 Å². The second kappa shape index (κ2) is 6.28. The van der Waals surface area contributed by atoms with Gasteiger partial charge in [-0.2, -0.15) is 8.42 Å². The predicted octanol–water partition coefficient (Wildman–Crippen LogP) is 3.43. The molecule has 0 heterocycles. The maximum Gasteiger partial charge on any atom is 0.292 e. The number of rotatable bonds is 4. The molecule has 0 radical (unpaired) electrons. The summed E-state index contributed by atoms with van der Waals surface area (Å²) in [6.07, 6.45) is 1.12. The van der Waals surface area contributed by atoms with Crippen molar-refractivity contribution >= 4 is 31.6 Å². The third-order valence-electron chi connectivity index (χ3n) is 2.62. The molecule has 2 aromatic carbocycles. The summed E-state index contributed by atoms with van der Waals surface area (Å²) in [6.45, 7) is 1.83. The van der Waals surface area contributed by atoms with Crippen LogP contribution in [0, 0.1) is 6.92 Å². The summed E-state index contributed by atoms with van der Waals surface area (Å²) in [5, 5.41) is 0.485. The molecule has 0 spiro atoms. The molecule has 0 saturated heterocycles. The molecule has 2 aromatic rings. The first kappa shape index (κ1) is 16.8. The Morgan fingerprint density at radius 2 is 1.50 bits per heavy atom.